The fourth-order valence-electron chi connectivity index (χ4n) is 0.425. The van der Waals surface area contributed by atoms with Crippen LogP contribution in [0.3, 0.4) is 0 Å². The summed E-state index contributed by atoms with van der Waals surface area (Å²) < 4.78 is 19.5. The van der Waals surface area contributed by atoms with Crippen molar-refractivity contribution in [1.82, 2.24) is 0 Å². The van der Waals surface area contributed by atoms with Gasteiger partial charge in [0.2, 0.25) is 0 Å². The monoisotopic (exact) mass is 189 g/mol. The molecule has 12 heavy (non-hydrogen) atoms. The van der Waals surface area contributed by atoms with Crippen LogP contribution in [0, 0.1) is 11.3 Å². The molecule has 5 nitrogen and oxygen atoms in total. The lowest BCUT2D eigenvalue weighted by molar-refractivity contribution is 0.259. The summed E-state index contributed by atoms with van der Waals surface area (Å²) in [4.78, 5) is 9.94. The van der Waals surface area contributed by atoms with Crippen molar-refractivity contribution in [1.29, 1.82) is 5.26 Å². The first-order chi connectivity index (χ1) is 5.74. The molecular weight excluding hydrogens is 181 g/mol. The Morgan fingerprint density at radius 1 is 1.67 bits per heavy atom. The molecule has 0 aromatic rings. The van der Waals surface area contributed by atoms with Crippen molar-refractivity contribution in [3.63, 3.8) is 0 Å². The maximum absolute atomic E-state index is 10.5. The van der Waals surface area contributed by atoms with Crippen molar-refractivity contribution in [2.45, 2.75) is 6.42 Å². The van der Waals surface area contributed by atoms with Gasteiger partial charge in [-0.3, -0.25) is 4.57 Å². The van der Waals surface area contributed by atoms with Crippen molar-refractivity contribution >= 4 is 14.2 Å². The lowest BCUT2D eigenvalue weighted by Gasteiger charge is -1.98. The molecule has 0 heterocycles. The van der Waals surface area contributed by atoms with Gasteiger partial charge in [-0.2, -0.15) is 5.26 Å². The van der Waals surface area contributed by atoms with Gasteiger partial charge in [0.05, 0.1) is 6.61 Å². The normalized spacial score (nSPS) is 11.3. The van der Waals surface area contributed by atoms with E-state index in [0.29, 0.717) is 0 Å². The fraction of sp³-hybridized carbons (Fsp3) is 0.500. The molecule has 0 saturated carbocycles. The summed E-state index contributed by atoms with van der Waals surface area (Å²) in [6, 6.07) is 1.62. The Morgan fingerprint density at radius 3 is 2.75 bits per heavy atom. The van der Waals surface area contributed by atoms with Gasteiger partial charge in [-0.15, -0.1) is 0 Å². The zero-order chi connectivity index (χ0) is 9.40. The van der Waals surface area contributed by atoms with Gasteiger partial charge in [0.1, 0.15) is 17.6 Å². The molecule has 0 rings (SSSR count). The Labute approximate surface area is 70.5 Å². The van der Waals surface area contributed by atoms with Gasteiger partial charge in [0.25, 0.3) is 0 Å². The third-order valence-corrected chi connectivity index (χ3v) is 1.77. The van der Waals surface area contributed by atoms with Crippen LogP contribution in [0.15, 0.2) is 5.57 Å². The number of nitrogens with zero attached hydrogens (tertiary/aromatic N) is 1. The van der Waals surface area contributed by atoms with E-state index in [1.165, 1.54) is 13.1 Å². The standard InChI is InChI=1S/C6H8NO4P/c1-10-12(9)11-3-2-6(4-7)5-8/h12H,2-3H2,1H3. The van der Waals surface area contributed by atoms with E-state index in [4.69, 9.17) is 5.26 Å². The molecule has 6 heteroatoms. The Kier molecular flexibility index (Phi) is 6.26. The Bertz CT molecular complexity index is 251. The third-order valence-electron chi connectivity index (χ3n) is 0.997. The summed E-state index contributed by atoms with van der Waals surface area (Å²) in [6.07, 6.45) is 0.111. The van der Waals surface area contributed by atoms with Crippen LogP contribution in [0.1, 0.15) is 6.42 Å². The van der Waals surface area contributed by atoms with E-state index in [2.05, 4.69) is 9.05 Å². The Morgan fingerprint density at radius 2 is 2.33 bits per heavy atom. The van der Waals surface area contributed by atoms with Crippen molar-refractivity contribution < 1.29 is 18.4 Å². The van der Waals surface area contributed by atoms with Crippen molar-refractivity contribution in [3.8, 4) is 6.07 Å². The highest BCUT2D eigenvalue weighted by Gasteiger charge is 1.99. The summed E-state index contributed by atoms with van der Waals surface area (Å²) in [5.41, 5.74) is -0.0547. The summed E-state index contributed by atoms with van der Waals surface area (Å²) >= 11 is 0. The van der Waals surface area contributed by atoms with Crippen LogP contribution in [0.2, 0.25) is 0 Å². The second-order valence-corrected chi connectivity index (χ2v) is 2.94. The number of carbonyl (C=O) groups excluding carboxylic acids is 1. The summed E-state index contributed by atoms with van der Waals surface area (Å²) in [5.74, 6) is 1.44. The van der Waals surface area contributed by atoms with Crippen LogP contribution < -0.4 is 0 Å². The van der Waals surface area contributed by atoms with Crippen LogP contribution in [-0.2, 0) is 18.4 Å². The average Bonchev–Trinajstić information content (AvgIpc) is 2.12. The first kappa shape index (κ1) is 11.1. The first-order valence-electron chi connectivity index (χ1n) is 3.09. The molecule has 0 N–H and O–H groups in total. The lowest BCUT2D eigenvalue weighted by atomic mass is 10.2. The van der Waals surface area contributed by atoms with Crippen LogP contribution in [0.5, 0.6) is 0 Å². The number of hydrogen-bond donors (Lipinski definition) is 0. The van der Waals surface area contributed by atoms with E-state index >= 15 is 0 Å². The highest BCUT2D eigenvalue weighted by Crippen LogP contribution is 2.21. The van der Waals surface area contributed by atoms with E-state index < -0.39 is 8.25 Å². The van der Waals surface area contributed by atoms with Gasteiger partial charge in [0, 0.05) is 13.5 Å². The van der Waals surface area contributed by atoms with Gasteiger partial charge < -0.3 is 9.05 Å². The molecule has 0 aromatic heterocycles. The van der Waals surface area contributed by atoms with Crippen LogP contribution in [0.25, 0.3) is 0 Å². The smallest absolute Gasteiger partial charge is 0.314 e. The molecule has 1 atom stereocenters. The lowest BCUT2D eigenvalue weighted by Crippen LogP contribution is -1.90. The predicted octanol–water partition coefficient (Wildman–Crippen LogP) is 0.711. The quantitative estimate of drug-likeness (QED) is 0.361. The van der Waals surface area contributed by atoms with Gasteiger partial charge in [0.15, 0.2) is 0 Å². The van der Waals surface area contributed by atoms with Crippen LogP contribution in [-0.4, -0.2) is 19.7 Å². The zero-order valence-electron chi connectivity index (χ0n) is 6.49. The minimum absolute atomic E-state index is 0.0315. The summed E-state index contributed by atoms with van der Waals surface area (Å²) in [5, 5.41) is 8.24. The average molecular weight is 189 g/mol. The minimum atomic E-state index is -2.44. The highest BCUT2D eigenvalue weighted by molar-refractivity contribution is 7.33. The molecule has 0 aliphatic heterocycles. The predicted molar refractivity (Wildman–Crippen MR) is 41.4 cm³/mol. The molecule has 0 aliphatic rings. The van der Waals surface area contributed by atoms with E-state index in [0.717, 1.165) is 0 Å². The largest absolute Gasteiger partial charge is 0.318 e. The van der Waals surface area contributed by atoms with E-state index in [1.807, 2.05) is 0 Å². The number of hydrogen-bond acceptors (Lipinski definition) is 5. The molecule has 0 radical (unpaired) electrons. The van der Waals surface area contributed by atoms with Crippen molar-refractivity contribution in [2.75, 3.05) is 13.7 Å². The van der Waals surface area contributed by atoms with E-state index in [-0.39, 0.29) is 18.6 Å². The second-order valence-electron chi connectivity index (χ2n) is 1.75. The summed E-state index contributed by atoms with van der Waals surface area (Å²) in [6.45, 7) is 0.0315. The topological polar surface area (TPSA) is 76.4 Å². The minimum Gasteiger partial charge on any atom is -0.314 e. The van der Waals surface area contributed by atoms with Gasteiger partial charge >= 0.3 is 8.25 Å². The van der Waals surface area contributed by atoms with Crippen LogP contribution in [0.4, 0.5) is 0 Å². The Balaban J connectivity index is 3.65. The Hall–Kier alpha value is -0.910. The SMILES string of the molecule is CO[PH](=O)OCCC(=C=O)C#N. The van der Waals surface area contributed by atoms with Gasteiger partial charge in [-0.05, 0) is 0 Å². The molecule has 0 bridgehead atoms. The molecule has 0 aliphatic carbocycles. The fourth-order valence-corrected chi connectivity index (χ4v) is 0.812. The molecule has 0 saturated heterocycles. The third kappa shape index (κ3) is 4.84. The summed E-state index contributed by atoms with van der Waals surface area (Å²) in [7, 11) is -1.19. The molecule has 0 fully saturated rings. The second kappa shape index (κ2) is 6.78. The molecule has 1 unspecified atom stereocenters. The van der Waals surface area contributed by atoms with E-state index in [1.54, 1.807) is 6.07 Å². The van der Waals surface area contributed by atoms with Crippen molar-refractivity contribution in [3.05, 3.63) is 5.57 Å². The first-order valence-corrected chi connectivity index (χ1v) is 4.32. The molecular formula is C6H8NO4P. The van der Waals surface area contributed by atoms with Crippen LogP contribution >= 0.6 is 8.25 Å². The van der Waals surface area contributed by atoms with E-state index in [9.17, 15) is 9.36 Å². The molecule has 66 valence electrons. The maximum atomic E-state index is 10.5. The van der Waals surface area contributed by atoms with Crippen molar-refractivity contribution in [2.24, 2.45) is 0 Å². The van der Waals surface area contributed by atoms with Gasteiger partial charge in [-0.1, -0.05) is 0 Å². The molecule has 0 aromatic carbocycles. The number of nitriles is 1. The highest BCUT2D eigenvalue weighted by atomic mass is 31.1. The maximum Gasteiger partial charge on any atom is 0.318 e. The van der Waals surface area contributed by atoms with Gasteiger partial charge in [-0.25, -0.2) is 4.79 Å². The molecule has 0 spiro atoms. The zero-order valence-corrected chi connectivity index (χ0v) is 7.49. The number of rotatable bonds is 5. The molecule has 0 amide bonds.